The lowest BCUT2D eigenvalue weighted by molar-refractivity contribution is 0.412. The van der Waals surface area contributed by atoms with Gasteiger partial charge in [0.05, 0.1) is 18.3 Å². The highest BCUT2D eigenvalue weighted by Crippen LogP contribution is 2.31. The Hall–Kier alpha value is -2.14. The molecule has 4 nitrogen and oxygen atoms in total. The Morgan fingerprint density at radius 3 is 2.61 bits per heavy atom. The maximum atomic E-state index is 5.42. The first-order valence-corrected chi connectivity index (χ1v) is 8.55. The summed E-state index contributed by atoms with van der Waals surface area (Å²) < 4.78 is 5.42. The van der Waals surface area contributed by atoms with Crippen molar-refractivity contribution < 1.29 is 4.74 Å². The van der Waals surface area contributed by atoms with Gasteiger partial charge >= 0.3 is 0 Å². The normalized spacial score (nSPS) is 11.2. The highest BCUT2D eigenvalue weighted by atomic mass is 32.1. The number of nitrogens with one attached hydrogen (secondary N) is 1. The van der Waals surface area contributed by atoms with Crippen LogP contribution in [-0.2, 0) is 0 Å². The van der Waals surface area contributed by atoms with Crippen LogP contribution in [-0.4, -0.2) is 23.1 Å². The van der Waals surface area contributed by atoms with Crippen molar-refractivity contribution in [3.8, 4) is 17.1 Å². The zero-order valence-electron chi connectivity index (χ0n) is 14.1. The van der Waals surface area contributed by atoms with Gasteiger partial charge in [0.1, 0.15) is 11.4 Å². The van der Waals surface area contributed by atoms with E-state index in [0.29, 0.717) is 6.04 Å². The molecule has 2 heterocycles. The second kappa shape index (κ2) is 6.16. The average molecular weight is 327 g/mol. The van der Waals surface area contributed by atoms with Crippen molar-refractivity contribution in [2.75, 3.05) is 12.4 Å². The van der Waals surface area contributed by atoms with Gasteiger partial charge in [0.2, 0.25) is 0 Å². The fourth-order valence-corrected chi connectivity index (χ4v) is 3.49. The SMILES string of the molecule is COc1ccc2c(C)cc(-c3csc(NC(C)C)n3)nc2c1C. The number of hydrogen-bond acceptors (Lipinski definition) is 5. The molecule has 5 heteroatoms. The monoisotopic (exact) mass is 327 g/mol. The molecule has 3 rings (SSSR count). The highest BCUT2D eigenvalue weighted by molar-refractivity contribution is 7.14. The molecule has 0 aliphatic rings. The van der Waals surface area contributed by atoms with E-state index in [-0.39, 0.29) is 0 Å². The fraction of sp³-hybridized carbons (Fsp3) is 0.333. The molecule has 0 aliphatic heterocycles. The van der Waals surface area contributed by atoms with E-state index in [1.54, 1.807) is 18.4 Å². The largest absolute Gasteiger partial charge is 0.496 e. The van der Waals surface area contributed by atoms with Crippen molar-refractivity contribution >= 4 is 27.4 Å². The van der Waals surface area contributed by atoms with E-state index in [1.807, 2.05) is 18.4 Å². The van der Waals surface area contributed by atoms with Crippen molar-refractivity contribution in [2.24, 2.45) is 0 Å². The summed E-state index contributed by atoms with van der Waals surface area (Å²) in [7, 11) is 1.69. The van der Waals surface area contributed by atoms with Crippen LogP contribution in [0.5, 0.6) is 5.75 Å². The van der Waals surface area contributed by atoms with Crippen molar-refractivity contribution in [3.63, 3.8) is 0 Å². The van der Waals surface area contributed by atoms with Crippen LogP contribution < -0.4 is 10.1 Å². The van der Waals surface area contributed by atoms with Gasteiger partial charge in [-0.3, -0.25) is 0 Å². The lowest BCUT2D eigenvalue weighted by atomic mass is 10.0. The zero-order valence-corrected chi connectivity index (χ0v) is 14.9. The molecule has 1 aromatic carbocycles. The minimum atomic E-state index is 0.367. The number of pyridine rings is 1. The summed E-state index contributed by atoms with van der Waals surface area (Å²) >= 11 is 1.61. The van der Waals surface area contributed by atoms with Crippen molar-refractivity contribution in [2.45, 2.75) is 33.7 Å². The quantitative estimate of drug-likeness (QED) is 0.747. The third-order valence-electron chi connectivity index (χ3n) is 3.79. The van der Waals surface area contributed by atoms with Crippen molar-refractivity contribution in [3.05, 3.63) is 34.7 Å². The Kier molecular flexibility index (Phi) is 4.22. The Morgan fingerprint density at radius 2 is 1.91 bits per heavy atom. The molecule has 1 N–H and O–H groups in total. The van der Waals surface area contributed by atoms with E-state index in [1.165, 1.54) is 5.56 Å². The molecular weight excluding hydrogens is 306 g/mol. The number of aryl methyl sites for hydroxylation is 2. The van der Waals surface area contributed by atoms with Crippen LogP contribution in [0.4, 0.5) is 5.13 Å². The Morgan fingerprint density at radius 1 is 1.13 bits per heavy atom. The van der Waals surface area contributed by atoms with Crippen LogP contribution in [0.3, 0.4) is 0 Å². The molecule has 3 aromatic rings. The number of rotatable bonds is 4. The maximum Gasteiger partial charge on any atom is 0.183 e. The third-order valence-corrected chi connectivity index (χ3v) is 4.56. The van der Waals surface area contributed by atoms with Gasteiger partial charge in [-0.2, -0.15) is 0 Å². The topological polar surface area (TPSA) is 47.0 Å². The summed E-state index contributed by atoms with van der Waals surface area (Å²) in [5, 5.41) is 7.47. The summed E-state index contributed by atoms with van der Waals surface area (Å²) in [4.78, 5) is 9.50. The summed E-state index contributed by atoms with van der Waals surface area (Å²) in [6, 6.07) is 6.54. The number of nitrogens with zero attached hydrogens (tertiary/aromatic N) is 2. The number of benzene rings is 1. The molecule has 0 aliphatic carbocycles. The van der Waals surface area contributed by atoms with E-state index in [2.05, 4.69) is 43.2 Å². The maximum absolute atomic E-state index is 5.42. The Balaban J connectivity index is 2.11. The standard InChI is InChI=1S/C18H21N3OS/c1-10(2)19-18-21-15(9-23-18)14-8-11(3)13-6-7-16(22-5)12(4)17(13)20-14/h6-10H,1-5H3,(H,19,21). The van der Waals surface area contributed by atoms with E-state index in [4.69, 9.17) is 9.72 Å². The van der Waals surface area contributed by atoms with Crippen LogP contribution in [0.25, 0.3) is 22.3 Å². The Bertz CT molecular complexity index is 855. The van der Waals surface area contributed by atoms with Crippen molar-refractivity contribution in [1.29, 1.82) is 0 Å². The molecule has 0 unspecified atom stereocenters. The van der Waals surface area contributed by atoms with Crippen LogP contribution >= 0.6 is 11.3 Å². The van der Waals surface area contributed by atoms with Gasteiger partial charge in [0.15, 0.2) is 5.13 Å². The van der Waals surface area contributed by atoms with E-state index in [9.17, 15) is 0 Å². The van der Waals surface area contributed by atoms with Gasteiger partial charge in [0, 0.05) is 22.4 Å². The van der Waals surface area contributed by atoms with Gasteiger partial charge in [-0.1, -0.05) is 0 Å². The molecule has 0 saturated heterocycles. The molecule has 0 bridgehead atoms. The first-order valence-electron chi connectivity index (χ1n) is 7.67. The molecule has 0 saturated carbocycles. The van der Waals surface area contributed by atoms with Crippen LogP contribution in [0.15, 0.2) is 23.6 Å². The highest BCUT2D eigenvalue weighted by Gasteiger charge is 2.12. The number of anilines is 1. The fourth-order valence-electron chi connectivity index (χ4n) is 2.64. The smallest absolute Gasteiger partial charge is 0.183 e. The second-order valence-electron chi connectivity index (χ2n) is 5.95. The minimum absolute atomic E-state index is 0.367. The molecule has 23 heavy (non-hydrogen) atoms. The van der Waals surface area contributed by atoms with E-state index < -0.39 is 0 Å². The number of thiazole rings is 1. The predicted octanol–water partition coefficient (Wildman–Crippen LogP) is 4.80. The van der Waals surface area contributed by atoms with E-state index >= 15 is 0 Å². The molecular formula is C18H21N3OS. The summed E-state index contributed by atoms with van der Waals surface area (Å²) in [5.74, 6) is 0.863. The van der Waals surface area contributed by atoms with Crippen molar-refractivity contribution in [1.82, 2.24) is 9.97 Å². The molecule has 120 valence electrons. The zero-order chi connectivity index (χ0) is 16.6. The molecule has 0 radical (unpaired) electrons. The summed E-state index contributed by atoms with van der Waals surface area (Å²) in [5.41, 5.74) is 5.04. The number of aromatic nitrogens is 2. The molecule has 0 fully saturated rings. The lowest BCUT2D eigenvalue weighted by Crippen LogP contribution is -2.09. The first-order chi connectivity index (χ1) is 11.0. The van der Waals surface area contributed by atoms with Gasteiger partial charge < -0.3 is 10.1 Å². The lowest BCUT2D eigenvalue weighted by Gasteiger charge is -2.11. The van der Waals surface area contributed by atoms with Crippen LogP contribution in [0.2, 0.25) is 0 Å². The molecule has 0 spiro atoms. The molecule has 0 amide bonds. The summed E-state index contributed by atoms with van der Waals surface area (Å²) in [6.07, 6.45) is 0. The van der Waals surface area contributed by atoms with Gasteiger partial charge in [-0.15, -0.1) is 11.3 Å². The molecule has 0 atom stereocenters. The predicted molar refractivity (Wildman–Crippen MR) is 97.6 cm³/mol. The van der Waals surface area contributed by atoms with Gasteiger partial charge in [-0.25, -0.2) is 9.97 Å². The number of methoxy groups -OCH3 is 1. The minimum Gasteiger partial charge on any atom is -0.496 e. The number of hydrogen-bond donors (Lipinski definition) is 1. The second-order valence-corrected chi connectivity index (χ2v) is 6.81. The summed E-state index contributed by atoms with van der Waals surface area (Å²) in [6.45, 7) is 8.37. The molecule has 2 aromatic heterocycles. The van der Waals surface area contributed by atoms with E-state index in [0.717, 1.165) is 38.7 Å². The average Bonchev–Trinajstić information content (AvgIpc) is 2.96. The van der Waals surface area contributed by atoms with Gasteiger partial charge in [-0.05, 0) is 51.5 Å². The third kappa shape index (κ3) is 3.01. The number of fused-ring (bicyclic) bond motifs is 1. The van der Waals surface area contributed by atoms with Crippen LogP contribution in [0.1, 0.15) is 25.0 Å². The first kappa shape index (κ1) is 15.7. The van der Waals surface area contributed by atoms with Gasteiger partial charge in [0.25, 0.3) is 0 Å². The number of ether oxygens (including phenoxy) is 1. The van der Waals surface area contributed by atoms with Crippen LogP contribution in [0, 0.1) is 13.8 Å². The Labute approximate surface area is 140 Å².